The topological polar surface area (TPSA) is 58.6 Å². The van der Waals surface area contributed by atoms with Gasteiger partial charge in [-0.1, -0.05) is 0 Å². The molecule has 3 unspecified atom stereocenters. The second-order valence-electron chi connectivity index (χ2n) is 9.80. The van der Waals surface area contributed by atoms with Gasteiger partial charge in [-0.3, -0.25) is 14.5 Å². The summed E-state index contributed by atoms with van der Waals surface area (Å²) in [6, 6.07) is 1.63. The van der Waals surface area contributed by atoms with Gasteiger partial charge in [0.05, 0.1) is 17.7 Å². The van der Waals surface area contributed by atoms with Crippen molar-refractivity contribution in [2.24, 2.45) is 17.8 Å². The number of Topliss-reactive ketones (excluding diaryl/α,β-unsaturated/α-hetero) is 1. The smallest absolute Gasteiger partial charge is 0.381 e. The number of ketones is 1. The zero-order chi connectivity index (χ0) is 25.5. The largest absolute Gasteiger partial charge is 0.416 e. The number of nitrogens with one attached hydrogen (secondary N) is 1. The molecule has 1 aliphatic carbocycles. The molecule has 0 bridgehead atoms. The first-order valence-electron chi connectivity index (χ1n) is 11.7. The van der Waals surface area contributed by atoms with Crippen molar-refractivity contribution in [2.45, 2.75) is 63.6 Å². The number of rotatable bonds is 5. The van der Waals surface area contributed by atoms with Crippen LogP contribution in [0, 0.1) is 17.8 Å². The number of benzene rings is 1. The monoisotopic (exact) mass is 506 g/mol. The number of amides is 1. The highest BCUT2D eigenvalue weighted by atomic mass is 19.4. The molecule has 5 atom stereocenters. The van der Waals surface area contributed by atoms with Crippen molar-refractivity contribution in [1.82, 2.24) is 10.2 Å². The number of likely N-dealkylation sites (tertiary alicyclic amines) is 1. The van der Waals surface area contributed by atoms with E-state index < -0.39 is 47.8 Å². The van der Waals surface area contributed by atoms with Crippen LogP contribution < -0.4 is 5.32 Å². The molecule has 0 aromatic heterocycles. The minimum absolute atomic E-state index is 0.0261. The first-order chi connectivity index (χ1) is 16.3. The summed E-state index contributed by atoms with van der Waals surface area (Å²) >= 11 is 0. The zero-order valence-corrected chi connectivity index (χ0v) is 19.2. The minimum atomic E-state index is -4.96. The first kappa shape index (κ1) is 25.9. The number of carbonyl (C=O) groups is 2. The highest BCUT2D eigenvalue weighted by molar-refractivity contribution is 5.88. The molecule has 35 heavy (non-hydrogen) atoms. The SMILES string of the molecule is CC(=O)C1C[C@@H](N2CCC3COCCC32)C[C@H]1C(=O)NCc1cc(C(F)(F)F)cc(C(F)(F)F)c1. The lowest BCUT2D eigenvalue weighted by Crippen LogP contribution is -2.43. The lowest BCUT2D eigenvalue weighted by molar-refractivity contribution is -0.143. The molecule has 0 spiro atoms. The van der Waals surface area contributed by atoms with E-state index in [1.807, 2.05) is 0 Å². The van der Waals surface area contributed by atoms with E-state index in [2.05, 4.69) is 10.2 Å². The lowest BCUT2D eigenvalue weighted by Gasteiger charge is -2.35. The van der Waals surface area contributed by atoms with Gasteiger partial charge in [-0.15, -0.1) is 0 Å². The molecule has 2 saturated heterocycles. The van der Waals surface area contributed by atoms with Crippen LogP contribution in [0.25, 0.3) is 0 Å². The van der Waals surface area contributed by atoms with Crippen molar-refractivity contribution in [1.29, 1.82) is 0 Å². The average Bonchev–Trinajstić information content (AvgIpc) is 3.40. The van der Waals surface area contributed by atoms with Gasteiger partial charge in [0.25, 0.3) is 0 Å². The van der Waals surface area contributed by atoms with Crippen molar-refractivity contribution in [3.05, 3.63) is 34.9 Å². The maximum absolute atomic E-state index is 13.1. The van der Waals surface area contributed by atoms with Crippen LogP contribution in [0.1, 0.15) is 49.3 Å². The first-order valence-corrected chi connectivity index (χ1v) is 11.7. The normalized spacial score (nSPS) is 29.7. The number of hydrogen-bond acceptors (Lipinski definition) is 4. The Kier molecular flexibility index (Phi) is 7.21. The standard InChI is InChI=1S/C24H28F6N2O3/c1-13(33)19-9-18(32-4-2-15-12-35-5-3-21(15)32)10-20(19)22(34)31-11-14-6-16(23(25,26)27)8-17(7-14)24(28,29)30/h6-8,15,18-21H,2-5,9-12H2,1H3,(H,31,34)/t15?,18-,19?,20-,21?/m1/s1. The van der Waals surface area contributed by atoms with Crippen LogP contribution >= 0.6 is 0 Å². The van der Waals surface area contributed by atoms with Crippen LogP contribution in [0.3, 0.4) is 0 Å². The van der Waals surface area contributed by atoms with Crippen molar-refractivity contribution in [2.75, 3.05) is 19.8 Å². The molecule has 0 radical (unpaired) electrons. The quantitative estimate of drug-likeness (QED) is 0.601. The maximum atomic E-state index is 13.1. The van der Waals surface area contributed by atoms with Crippen LogP contribution in [-0.2, 0) is 33.2 Å². The Bertz CT molecular complexity index is 931. The molecule has 11 heteroatoms. The third kappa shape index (κ3) is 5.66. The Morgan fingerprint density at radius 3 is 2.23 bits per heavy atom. The predicted octanol–water partition coefficient (Wildman–Crippen LogP) is 4.44. The van der Waals surface area contributed by atoms with Gasteiger partial charge in [0, 0.05) is 37.1 Å². The van der Waals surface area contributed by atoms with Crippen molar-refractivity contribution >= 4 is 11.7 Å². The number of nitrogens with zero attached hydrogens (tertiary/aromatic N) is 1. The van der Waals surface area contributed by atoms with Gasteiger partial charge in [-0.2, -0.15) is 26.3 Å². The predicted molar refractivity (Wildman–Crippen MR) is 113 cm³/mol. The highest BCUT2D eigenvalue weighted by Crippen LogP contribution is 2.42. The van der Waals surface area contributed by atoms with E-state index in [4.69, 9.17) is 4.74 Å². The van der Waals surface area contributed by atoms with Crippen molar-refractivity contribution in [3.8, 4) is 0 Å². The fourth-order valence-electron chi connectivity index (χ4n) is 5.89. The van der Waals surface area contributed by atoms with Crippen LogP contribution in [0.2, 0.25) is 0 Å². The molecule has 194 valence electrons. The summed E-state index contributed by atoms with van der Waals surface area (Å²) in [5, 5.41) is 2.49. The van der Waals surface area contributed by atoms with E-state index in [0.717, 1.165) is 19.4 Å². The molecule has 2 heterocycles. The molecule has 3 aliphatic rings. The molecule has 5 nitrogen and oxygen atoms in total. The summed E-state index contributed by atoms with van der Waals surface area (Å²) in [4.78, 5) is 27.7. The van der Waals surface area contributed by atoms with E-state index in [1.54, 1.807) is 0 Å². The number of halogens is 6. The Morgan fingerprint density at radius 2 is 1.63 bits per heavy atom. The summed E-state index contributed by atoms with van der Waals surface area (Å²) in [5.41, 5.74) is -3.17. The molecule has 1 amide bonds. The van der Waals surface area contributed by atoms with Crippen molar-refractivity contribution < 1.29 is 40.7 Å². The van der Waals surface area contributed by atoms with Crippen LogP contribution in [0.4, 0.5) is 26.3 Å². The molecule has 3 fully saturated rings. The summed E-state index contributed by atoms with van der Waals surface area (Å²) in [6.45, 7) is 3.14. The van der Waals surface area contributed by atoms with E-state index >= 15 is 0 Å². The Hall–Kier alpha value is -2.14. The van der Waals surface area contributed by atoms with Gasteiger partial charge in [-0.25, -0.2) is 0 Å². The number of carbonyl (C=O) groups excluding carboxylic acids is 2. The van der Waals surface area contributed by atoms with Gasteiger partial charge in [0.15, 0.2) is 0 Å². The van der Waals surface area contributed by atoms with Gasteiger partial charge in [0.1, 0.15) is 5.78 Å². The summed E-state index contributed by atoms with van der Waals surface area (Å²) in [7, 11) is 0. The molecular weight excluding hydrogens is 478 g/mol. The Balaban J connectivity index is 1.46. The van der Waals surface area contributed by atoms with Gasteiger partial charge >= 0.3 is 12.4 Å². The molecule has 1 saturated carbocycles. The minimum Gasteiger partial charge on any atom is -0.381 e. The number of alkyl halides is 6. The van der Waals surface area contributed by atoms with Crippen LogP contribution in [-0.4, -0.2) is 48.4 Å². The number of fused-ring (bicyclic) bond motifs is 1. The fourth-order valence-corrected chi connectivity index (χ4v) is 5.89. The summed E-state index contributed by atoms with van der Waals surface area (Å²) in [6.07, 6.45) is -7.11. The Morgan fingerprint density at radius 1 is 1.00 bits per heavy atom. The van der Waals surface area contributed by atoms with E-state index in [0.29, 0.717) is 50.1 Å². The number of ether oxygens (including phenoxy) is 1. The van der Waals surface area contributed by atoms with Gasteiger partial charge in [0.2, 0.25) is 5.91 Å². The van der Waals surface area contributed by atoms with Gasteiger partial charge < -0.3 is 10.1 Å². The van der Waals surface area contributed by atoms with E-state index in [1.165, 1.54) is 6.92 Å². The van der Waals surface area contributed by atoms with E-state index in [9.17, 15) is 35.9 Å². The lowest BCUT2D eigenvalue weighted by atomic mass is 9.92. The number of hydrogen-bond donors (Lipinski definition) is 1. The van der Waals surface area contributed by atoms with Gasteiger partial charge in [-0.05, 0) is 68.8 Å². The molecule has 4 rings (SSSR count). The fraction of sp³-hybridized carbons (Fsp3) is 0.667. The third-order valence-electron chi connectivity index (χ3n) is 7.60. The summed E-state index contributed by atoms with van der Waals surface area (Å²) in [5.74, 6) is -1.46. The van der Waals surface area contributed by atoms with E-state index in [-0.39, 0.29) is 23.5 Å². The maximum Gasteiger partial charge on any atom is 0.416 e. The second-order valence-corrected chi connectivity index (χ2v) is 9.80. The molecule has 1 N–H and O–H groups in total. The molecular formula is C24H28F6N2O3. The van der Waals surface area contributed by atoms with Crippen molar-refractivity contribution in [3.63, 3.8) is 0 Å². The summed E-state index contributed by atoms with van der Waals surface area (Å²) < 4.78 is 84.3. The van der Waals surface area contributed by atoms with Crippen LogP contribution in [0.15, 0.2) is 18.2 Å². The van der Waals surface area contributed by atoms with Crippen LogP contribution in [0.5, 0.6) is 0 Å². The second kappa shape index (κ2) is 9.72. The molecule has 1 aromatic rings. The highest BCUT2D eigenvalue weighted by Gasteiger charge is 2.47. The third-order valence-corrected chi connectivity index (χ3v) is 7.60. The average molecular weight is 506 g/mol. The zero-order valence-electron chi connectivity index (χ0n) is 19.2. The molecule has 2 aliphatic heterocycles. The Labute approximate surface area is 199 Å². The molecule has 1 aromatic carbocycles.